The molecule has 2 saturated heterocycles. The van der Waals surface area contributed by atoms with Gasteiger partial charge in [0.1, 0.15) is 18.4 Å². The number of rotatable bonds is 6. The van der Waals surface area contributed by atoms with Gasteiger partial charge in [-0.05, 0) is 43.7 Å². The Morgan fingerprint density at radius 1 is 1.09 bits per heavy atom. The number of para-hydroxylation sites is 1. The summed E-state index contributed by atoms with van der Waals surface area (Å²) in [5.41, 5.74) is 6.49. The van der Waals surface area contributed by atoms with Crippen molar-refractivity contribution >= 4 is 40.2 Å². The summed E-state index contributed by atoms with van der Waals surface area (Å²) in [5.74, 6) is -1.77. The van der Waals surface area contributed by atoms with E-state index >= 15 is 0 Å². The number of carbonyl (C=O) groups is 3. The summed E-state index contributed by atoms with van der Waals surface area (Å²) in [4.78, 5) is 40.4. The average molecular weight is 498 g/mol. The van der Waals surface area contributed by atoms with E-state index in [1.54, 1.807) is 41.3 Å². The van der Waals surface area contributed by atoms with Crippen LogP contribution in [-0.2, 0) is 22.7 Å². The van der Waals surface area contributed by atoms with Crippen LogP contribution >= 0.6 is 11.6 Å². The van der Waals surface area contributed by atoms with E-state index < -0.39 is 17.8 Å². The maximum Gasteiger partial charge on any atom is 0.269 e. The smallest absolute Gasteiger partial charge is 0.269 e. The Kier molecular flexibility index (Phi) is 6.19. The summed E-state index contributed by atoms with van der Waals surface area (Å²) in [6.07, 6.45) is 3.37. The fraction of sp³-hybridized carbons (Fsp3) is 0.360. The minimum atomic E-state index is -0.671. The van der Waals surface area contributed by atoms with Gasteiger partial charge in [0.05, 0.1) is 10.5 Å². The zero-order valence-electron chi connectivity index (χ0n) is 18.9. The van der Waals surface area contributed by atoms with Gasteiger partial charge in [0.2, 0.25) is 11.8 Å². The number of aromatic nitrogens is 2. The summed E-state index contributed by atoms with van der Waals surface area (Å²) < 4.78 is 15.8. The molecule has 3 aliphatic rings. The molecule has 2 aromatic carbocycles. The maximum atomic E-state index is 14.3. The molecule has 2 aliphatic heterocycles. The lowest BCUT2D eigenvalue weighted by atomic mass is 9.74. The highest BCUT2D eigenvalue weighted by Gasteiger charge is 2.47. The molecule has 3 heterocycles. The van der Waals surface area contributed by atoms with E-state index in [1.807, 2.05) is 0 Å². The fourth-order valence-electron chi connectivity index (χ4n) is 5.46. The first-order valence-electron chi connectivity index (χ1n) is 11.6. The molecule has 10 heteroatoms. The highest BCUT2D eigenvalue weighted by atomic mass is 35.5. The summed E-state index contributed by atoms with van der Waals surface area (Å²) >= 11 is 5.86. The number of halogens is 2. The van der Waals surface area contributed by atoms with Crippen molar-refractivity contribution in [2.75, 3.05) is 0 Å². The number of benzene rings is 2. The van der Waals surface area contributed by atoms with E-state index in [0.29, 0.717) is 10.9 Å². The summed E-state index contributed by atoms with van der Waals surface area (Å²) in [6.45, 7) is -0.142. The van der Waals surface area contributed by atoms with E-state index in [4.69, 9.17) is 17.3 Å². The number of hydrogen-bond donors (Lipinski definition) is 2. The van der Waals surface area contributed by atoms with E-state index in [2.05, 4.69) is 10.4 Å². The lowest BCUT2D eigenvalue weighted by Gasteiger charge is -2.50. The lowest BCUT2D eigenvalue weighted by Crippen LogP contribution is -2.63. The van der Waals surface area contributed by atoms with Crippen LogP contribution in [0.3, 0.4) is 0 Å². The molecule has 0 unspecified atom stereocenters. The van der Waals surface area contributed by atoms with Gasteiger partial charge in [-0.15, -0.1) is 0 Å². The van der Waals surface area contributed by atoms with Crippen molar-refractivity contribution in [1.29, 1.82) is 0 Å². The minimum absolute atomic E-state index is 0.00736. The molecule has 3 N–H and O–H groups in total. The highest BCUT2D eigenvalue weighted by Crippen LogP contribution is 2.40. The third kappa shape index (κ3) is 4.25. The number of hydrogen-bond acceptors (Lipinski definition) is 4. The van der Waals surface area contributed by atoms with Crippen LogP contribution in [0.1, 0.15) is 41.7 Å². The van der Waals surface area contributed by atoms with Crippen LogP contribution in [0.25, 0.3) is 10.9 Å². The number of nitrogens with two attached hydrogens (primary N) is 1. The summed E-state index contributed by atoms with van der Waals surface area (Å²) in [5, 5.41) is 7.66. The summed E-state index contributed by atoms with van der Waals surface area (Å²) in [6, 6.07) is 11.0. The Morgan fingerprint density at radius 3 is 2.57 bits per heavy atom. The molecular formula is C25H25ClFN5O3. The standard InChI is InChI=1S/C25H25ClFN5O3/c26-18-6-3-4-15(21(18)27)12-29-25(35)23-14-8-10-16(11-9-14)32(23)20(33)13-31-19-7-2-1-5-17(19)22(30-31)24(28)34/h1-7,14,16,23H,8-13H2,(H2,28,34)(H,29,35)/t14-,16+,23-/m1/s1. The predicted octanol–water partition coefficient (Wildman–Crippen LogP) is 3.01. The van der Waals surface area contributed by atoms with Crippen LogP contribution in [0.2, 0.25) is 5.02 Å². The highest BCUT2D eigenvalue weighted by molar-refractivity contribution is 6.30. The van der Waals surface area contributed by atoms with Gasteiger partial charge in [-0.3, -0.25) is 19.1 Å². The van der Waals surface area contributed by atoms with Gasteiger partial charge < -0.3 is 16.0 Å². The molecule has 3 aromatic rings. The van der Waals surface area contributed by atoms with Crippen molar-refractivity contribution in [3.63, 3.8) is 0 Å². The molecular weight excluding hydrogens is 473 g/mol. The van der Waals surface area contributed by atoms with Gasteiger partial charge >= 0.3 is 0 Å². The van der Waals surface area contributed by atoms with Crippen molar-refractivity contribution in [3.05, 3.63) is 64.6 Å². The first kappa shape index (κ1) is 23.3. The molecule has 3 amide bonds. The molecule has 8 nitrogen and oxygen atoms in total. The third-order valence-electron chi connectivity index (χ3n) is 7.10. The molecule has 6 rings (SSSR count). The zero-order chi connectivity index (χ0) is 24.7. The van der Waals surface area contributed by atoms with E-state index in [9.17, 15) is 18.8 Å². The predicted molar refractivity (Wildman–Crippen MR) is 128 cm³/mol. The van der Waals surface area contributed by atoms with Gasteiger partial charge in [0.15, 0.2) is 5.69 Å². The van der Waals surface area contributed by atoms with E-state index in [-0.39, 0.29) is 53.1 Å². The van der Waals surface area contributed by atoms with Gasteiger partial charge in [-0.1, -0.05) is 41.9 Å². The average Bonchev–Trinajstić information content (AvgIpc) is 3.23. The zero-order valence-corrected chi connectivity index (χ0v) is 19.7. The van der Waals surface area contributed by atoms with Gasteiger partial charge in [0, 0.05) is 23.5 Å². The van der Waals surface area contributed by atoms with E-state index in [0.717, 1.165) is 25.7 Å². The van der Waals surface area contributed by atoms with Crippen molar-refractivity contribution in [3.8, 4) is 0 Å². The Morgan fingerprint density at radius 2 is 1.83 bits per heavy atom. The Hall–Kier alpha value is -3.46. The number of nitrogens with one attached hydrogen (secondary N) is 1. The van der Waals surface area contributed by atoms with Crippen LogP contribution in [-0.4, -0.2) is 44.5 Å². The quantitative estimate of drug-likeness (QED) is 0.545. The van der Waals surface area contributed by atoms with Crippen molar-refractivity contribution in [2.45, 2.75) is 50.9 Å². The molecule has 2 bridgehead atoms. The number of nitrogens with zero attached hydrogens (tertiary/aromatic N) is 3. The molecule has 182 valence electrons. The Labute approximate surface area is 206 Å². The molecule has 0 spiro atoms. The molecule has 1 saturated carbocycles. The molecule has 1 aliphatic carbocycles. The first-order valence-corrected chi connectivity index (χ1v) is 12.0. The largest absolute Gasteiger partial charge is 0.364 e. The number of carbonyl (C=O) groups excluding carboxylic acids is 3. The molecule has 35 heavy (non-hydrogen) atoms. The molecule has 3 fully saturated rings. The molecule has 1 aromatic heterocycles. The van der Waals surface area contributed by atoms with Crippen LogP contribution in [0, 0.1) is 11.7 Å². The van der Waals surface area contributed by atoms with Gasteiger partial charge in [-0.25, -0.2) is 4.39 Å². The lowest BCUT2D eigenvalue weighted by molar-refractivity contribution is -0.154. The second-order valence-electron chi connectivity index (χ2n) is 9.13. The molecule has 0 radical (unpaired) electrons. The van der Waals surface area contributed by atoms with Gasteiger partial charge in [0.25, 0.3) is 5.91 Å². The Bertz CT molecular complexity index is 1320. The van der Waals surface area contributed by atoms with Crippen molar-refractivity contribution in [2.24, 2.45) is 11.7 Å². The van der Waals surface area contributed by atoms with E-state index in [1.165, 1.54) is 10.7 Å². The Balaban J connectivity index is 1.38. The summed E-state index contributed by atoms with van der Waals surface area (Å²) in [7, 11) is 0. The number of piperidine rings is 2. The monoisotopic (exact) mass is 497 g/mol. The van der Waals surface area contributed by atoms with Crippen LogP contribution in [0.4, 0.5) is 4.39 Å². The first-order chi connectivity index (χ1) is 16.8. The van der Waals surface area contributed by atoms with Crippen molar-refractivity contribution in [1.82, 2.24) is 20.0 Å². The van der Waals surface area contributed by atoms with Crippen LogP contribution in [0.15, 0.2) is 42.5 Å². The fourth-order valence-corrected chi connectivity index (χ4v) is 5.65. The third-order valence-corrected chi connectivity index (χ3v) is 7.39. The topological polar surface area (TPSA) is 110 Å². The number of fused-ring (bicyclic) bond motifs is 4. The second-order valence-corrected chi connectivity index (χ2v) is 9.54. The van der Waals surface area contributed by atoms with Crippen LogP contribution < -0.4 is 11.1 Å². The number of amides is 3. The maximum absolute atomic E-state index is 14.3. The van der Waals surface area contributed by atoms with Crippen LogP contribution in [0.5, 0.6) is 0 Å². The normalized spacial score (nSPS) is 21.3. The SMILES string of the molecule is NC(=O)c1nn(CC(=O)N2[C@H]3CC[C@H](CC3)[C@@H]2C(=O)NCc2cccc(Cl)c2F)c2ccccc12. The van der Waals surface area contributed by atoms with Gasteiger partial charge in [-0.2, -0.15) is 5.10 Å². The second kappa shape index (κ2) is 9.30. The molecule has 1 atom stereocenters. The number of primary amides is 1. The minimum Gasteiger partial charge on any atom is -0.364 e. The van der Waals surface area contributed by atoms with Crippen molar-refractivity contribution < 1.29 is 18.8 Å².